The van der Waals surface area contributed by atoms with Crippen LogP contribution in [0.5, 0.6) is 0 Å². The molecule has 1 aliphatic heterocycles. The van der Waals surface area contributed by atoms with Crippen molar-refractivity contribution in [1.82, 2.24) is 0 Å². The van der Waals surface area contributed by atoms with Crippen molar-refractivity contribution in [1.29, 1.82) is 0 Å². The molecule has 150 valence electrons. The first-order valence-electron chi connectivity index (χ1n) is 10.3. The molecule has 0 aromatic heterocycles. The number of rotatable bonds is 6. The third kappa shape index (κ3) is 5.11. The molecule has 30 heavy (non-hydrogen) atoms. The van der Waals surface area contributed by atoms with Crippen LogP contribution in [0.2, 0.25) is 0 Å². The van der Waals surface area contributed by atoms with E-state index in [1.54, 1.807) is 0 Å². The van der Waals surface area contributed by atoms with Gasteiger partial charge in [-0.15, -0.1) is 11.8 Å². The SMILES string of the molecule is CN1CCN=C(/C=C/c2ccccc2SC/C=C/c2ccccc2)c2ccccc21. The zero-order chi connectivity index (χ0) is 20.6. The summed E-state index contributed by atoms with van der Waals surface area (Å²) in [6.07, 6.45) is 8.77. The molecule has 1 heterocycles. The van der Waals surface area contributed by atoms with Gasteiger partial charge in [0.2, 0.25) is 0 Å². The van der Waals surface area contributed by atoms with E-state index in [0.717, 1.165) is 24.6 Å². The van der Waals surface area contributed by atoms with Crippen LogP contribution < -0.4 is 4.90 Å². The van der Waals surface area contributed by atoms with Gasteiger partial charge in [-0.1, -0.05) is 85.0 Å². The fraction of sp³-hybridized carbons (Fsp3) is 0.148. The highest BCUT2D eigenvalue weighted by molar-refractivity contribution is 7.99. The van der Waals surface area contributed by atoms with Gasteiger partial charge < -0.3 is 4.90 Å². The number of likely N-dealkylation sites (N-methyl/N-ethyl adjacent to an activating group) is 1. The molecule has 3 aromatic carbocycles. The molecular weight excluding hydrogens is 384 g/mol. The van der Waals surface area contributed by atoms with Gasteiger partial charge >= 0.3 is 0 Å². The van der Waals surface area contributed by atoms with Crippen molar-refractivity contribution in [3.63, 3.8) is 0 Å². The van der Waals surface area contributed by atoms with Crippen molar-refractivity contribution in [3.8, 4) is 0 Å². The van der Waals surface area contributed by atoms with Crippen molar-refractivity contribution in [2.24, 2.45) is 4.99 Å². The second-order valence-corrected chi connectivity index (χ2v) is 8.26. The van der Waals surface area contributed by atoms with E-state index in [2.05, 4.69) is 109 Å². The lowest BCUT2D eigenvalue weighted by Crippen LogP contribution is -2.20. The van der Waals surface area contributed by atoms with Crippen LogP contribution in [-0.4, -0.2) is 31.6 Å². The van der Waals surface area contributed by atoms with Crippen molar-refractivity contribution in [2.75, 3.05) is 30.8 Å². The predicted octanol–water partition coefficient (Wildman–Crippen LogP) is 6.44. The maximum absolute atomic E-state index is 4.84. The molecule has 0 saturated carbocycles. The molecule has 0 aliphatic carbocycles. The summed E-state index contributed by atoms with van der Waals surface area (Å²) in [5, 5.41) is 0. The summed E-state index contributed by atoms with van der Waals surface area (Å²) in [7, 11) is 2.13. The van der Waals surface area contributed by atoms with Crippen molar-refractivity contribution in [2.45, 2.75) is 4.90 Å². The summed E-state index contributed by atoms with van der Waals surface area (Å²) < 4.78 is 0. The topological polar surface area (TPSA) is 15.6 Å². The van der Waals surface area contributed by atoms with E-state index in [1.807, 2.05) is 17.8 Å². The van der Waals surface area contributed by atoms with Crippen molar-refractivity contribution < 1.29 is 0 Å². The number of allylic oxidation sites excluding steroid dienone is 1. The third-order valence-electron chi connectivity index (χ3n) is 5.09. The fourth-order valence-corrected chi connectivity index (χ4v) is 4.35. The molecule has 0 spiro atoms. The van der Waals surface area contributed by atoms with Gasteiger partial charge in [0.05, 0.1) is 12.3 Å². The van der Waals surface area contributed by atoms with E-state index in [0.29, 0.717) is 0 Å². The first kappa shape index (κ1) is 20.2. The quantitative estimate of drug-likeness (QED) is 0.434. The average molecular weight is 411 g/mol. The lowest BCUT2D eigenvalue weighted by Gasteiger charge is -2.18. The van der Waals surface area contributed by atoms with Gasteiger partial charge in [0.15, 0.2) is 0 Å². The van der Waals surface area contributed by atoms with Crippen LogP contribution in [-0.2, 0) is 0 Å². The number of para-hydroxylation sites is 1. The van der Waals surface area contributed by atoms with Gasteiger partial charge in [-0.2, -0.15) is 0 Å². The minimum Gasteiger partial charge on any atom is -0.372 e. The van der Waals surface area contributed by atoms with Crippen LogP contribution in [0.25, 0.3) is 12.2 Å². The Hall–Kier alpha value is -3.04. The Bertz CT molecular complexity index is 1070. The fourth-order valence-electron chi connectivity index (χ4n) is 3.50. The Balaban J connectivity index is 1.49. The predicted molar refractivity (Wildman–Crippen MR) is 133 cm³/mol. The number of fused-ring (bicyclic) bond motifs is 1. The summed E-state index contributed by atoms with van der Waals surface area (Å²) >= 11 is 1.86. The highest BCUT2D eigenvalue weighted by Crippen LogP contribution is 2.26. The molecule has 2 nitrogen and oxygen atoms in total. The van der Waals surface area contributed by atoms with Gasteiger partial charge in [-0.3, -0.25) is 4.99 Å². The Kier molecular flexibility index (Phi) is 6.83. The van der Waals surface area contributed by atoms with Gasteiger partial charge in [0, 0.05) is 35.5 Å². The summed E-state index contributed by atoms with van der Waals surface area (Å²) in [5.74, 6) is 0.939. The Morgan fingerprint density at radius 3 is 2.53 bits per heavy atom. The third-order valence-corrected chi connectivity index (χ3v) is 6.14. The molecule has 3 aromatic rings. The number of hydrogen-bond acceptors (Lipinski definition) is 3. The summed E-state index contributed by atoms with van der Waals surface area (Å²) in [4.78, 5) is 8.40. The van der Waals surface area contributed by atoms with E-state index in [1.165, 1.54) is 27.3 Å². The molecule has 3 heteroatoms. The van der Waals surface area contributed by atoms with Crippen LogP contribution in [0, 0.1) is 0 Å². The second-order valence-electron chi connectivity index (χ2n) is 7.20. The summed E-state index contributed by atoms with van der Waals surface area (Å²) in [6, 6.07) is 27.5. The molecule has 0 radical (unpaired) electrons. The number of thioether (sulfide) groups is 1. The first-order chi connectivity index (χ1) is 14.8. The van der Waals surface area contributed by atoms with E-state index in [9.17, 15) is 0 Å². The van der Waals surface area contributed by atoms with Crippen molar-refractivity contribution in [3.05, 3.63) is 108 Å². The monoisotopic (exact) mass is 410 g/mol. The van der Waals surface area contributed by atoms with Crippen LogP contribution in [0.3, 0.4) is 0 Å². The zero-order valence-corrected chi connectivity index (χ0v) is 18.1. The molecule has 0 amide bonds. The first-order valence-corrected chi connectivity index (χ1v) is 11.3. The summed E-state index contributed by atoms with van der Waals surface area (Å²) in [5.41, 5.74) is 5.96. The van der Waals surface area contributed by atoms with Crippen molar-refractivity contribution >= 4 is 35.3 Å². The molecule has 0 atom stereocenters. The van der Waals surface area contributed by atoms with Crippen LogP contribution in [0.15, 0.2) is 101 Å². The lowest BCUT2D eigenvalue weighted by atomic mass is 10.1. The molecule has 0 bridgehead atoms. The summed E-state index contributed by atoms with van der Waals surface area (Å²) in [6.45, 7) is 1.75. The largest absolute Gasteiger partial charge is 0.372 e. The highest BCUT2D eigenvalue weighted by Gasteiger charge is 2.13. The number of aliphatic imine (C=N–C) groups is 1. The maximum atomic E-state index is 4.84. The molecule has 0 saturated heterocycles. The Morgan fingerprint density at radius 1 is 0.867 bits per heavy atom. The van der Waals surface area contributed by atoms with Crippen LogP contribution in [0.4, 0.5) is 5.69 Å². The molecule has 4 rings (SSSR count). The van der Waals surface area contributed by atoms with E-state index in [-0.39, 0.29) is 0 Å². The maximum Gasteiger partial charge on any atom is 0.0668 e. The standard InChI is InChI=1S/C27H26N2S/c1-29-20-19-28-25(24-14-6-7-15-26(24)29)18-17-23-13-5-8-16-27(23)30-21-9-12-22-10-3-2-4-11-22/h2-18H,19-21H2,1H3/b12-9+,18-17+. The van der Waals surface area contributed by atoms with Gasteiger partial charge in [-0.25, -0.2) is 0 Å². The zero-order valence-electron chi connectivity index (χ0n) is 17.2. The van der Waals surface area contributed by atoms with Gasteiger partial charge in [0.25, 0.3) is 0 Å². The average Bonchev–Trinajstić information content (AvgIpc) is 2.95. The number of hydrogen-bond donors (Lipinski definition) is 0. The number of nitrogens with zero attached hydrogens (tertiary/aromatic N) is 2. The minimum absolute atomic E-state index is 0.811. The van der Waals surface area contributed by atoms with E-state index in [4.69, 9.17) is 4.99 Å². The number of benzodiazepines with no additional fused rings is 1. The molecule has 0 N–H and O–H groups in total. The minimum atomic E-state index is 0.811. The van der Waals surface area contributed by atoms with Gasteiger partial charge in [0.1, 0.15) is 0 Å². The van der Waals surface area contributed by atoms with Gasteiger partial charge in [-0.05, 0) is 29.3 Å². The molecule has 0 unspecified atom stereocenters. The lowest BCUT2D eigenvalue weighted by molar-refractivity contribution is 0.897. The molecule has 0 fully saturated rings. The van der Waals surface area contributed by atoms with Crippen LogP contribution in [0.1, 0.15) is 16.7 Å². The Morgan fingerprint density at radius 2 is 1.63 bits per heavy atom. The van der Waals surface area contributed by atoms with Crippen LogP contribution >= 0.6 is 11.8 Å². The second kappa shape index (κ2) is 10.1. The highest BCUT2D eigenvalue weighted by atomic mass is 32.2. The van der Waals surface area contributed by atoms with E-state index < -0.39 is 0 Å². The number of anilines is 1. The molecular formula is C27H26N2S. The smallest absolute Gasteiger partial charge is 0.0668 e. The normalized spacial score (nSPS) is 14.0. The molecule has 1 aliphatic rings. The Labute approximate surface area is 183 Å². The van der Waals surface area contributed by atoms with E-state index >= 15 is 0 Å². The number of benzene rings is 3.